The summed E-state index contributed by atoms with van der Waals surface area (Å²) in [6, 6.07) is 0. The maximum atomic E-state index is 5.28. The van der Waals surface area contributed by atoms with E-state index in [4.69, 9.17) is 11.6 Å². The normalized spacial score (nSPS) is 10.1. The summed E-state index contributed by atoms with van der Waals surface area (Å²) >= 11 is 5.28. The monoisotopic (exact) mass is 178 g/mol. The molecule has 0 amide bonds. The minimum absolute atomic E-state index is 0.248. The molecular formula is C8H15ClO2. The summed E-state index contributed by atoms with van der Waals surface area (Å²) in [5, 5.41) is 0. The first kappa shape index (κ1) is 13.0. The van der Waals surface area contributed by atoms with Gasteiger partial charge in [-0.25, -0.2) is 0 Å². The third-order valence-electron chi connectivity index (χ3n) is 0.568. The van der Waals surface area contributed by atoms with Gasteiger partial charge in [0, 0.05) is 0 Å². The highest BCUT2D eigenvalue weighted by atomic mass is 35.5. The third kappa shape index (κ3) is 26.7. The quantitative estimate of drug-likeness (QED) is 0.487. The first-order valence-electron chi connectivity index (χ1n) is 3.31. The highest BCUT2D eigenvalue weighted by Crippen LogP contribution is 1.93. The summed E-state index contributed by atoms with van der Waals surface area (Å²) in [4.78, 5) is 0. The summed E-state index contributed by atoms with van der Waals surface area (Å²) in [5.74, 6) is 0. The Bertz CT molecular complexity index is 92.1. The van der Waals surface area contributed by atoms with Crippen molar-refractivity contribution >= 4 is 11.6 Å². The lowest BCUT2D eigenvalue weighted by Crippen LogP contribution is -1.88. The number of alkyl halides is 1. The average molecular weight is 179 g/mol. The standard InChI is InChI=1S/C4H7ClO.C4H8O/c1-3-6-4(2)5;1-3-5-4-2/h3-4H,1H2,2H3;3H,1,4H2,2H3. The van der Waals surface area contributed by atoms with Gasteiger partial charge in [-0.3, -0.25) is 0 Å². The van der Waals surface area contributed by atoms with Gasteiger partial charge in [-0.2, -0.15) is 0 Å². The number of ether oxygens (including phenoxy) is 2. The largest absolute Gasteiger partial charge is 0.502 e. The number of hydrogen-bond acceptors (Lipinski definition) is 2. The second kappa shape index (κ2) is 12.1. The van der Waals surface area contributed by atoms with Crippen LogP contribution >= 0.6 is 11.6 Å². The lowest BCUT2D eigenvalue weighted by atomic mass is 10.8. The van der Waals surface area contributed by atoms with Crippen LogP contribution in [-0.2, 0) is 9.47 Å². The molecule has 0 saturated heterocycles. The Labute approximate surface area is 73.5 Å². The van der Waals surface area contributed by atoms with E-state index in [1.807, 2.05) is 6.92 Å². The number of hydrogen-bond donors (Lipinski definition) is 0. The number of rotatable bonds is 4. The van der Waals surface area contributed by atoms with Crippen LogP contribution in [0.3, 0.4) is 0 Å². The Hall–Kier alpha value is -0.630. The zero-order valence-electron chi connectivity index (χ0n) is 7.05. The molecule has 0 aromatic heterocycles. The first-order valence-corrected chi connectivity index (χ1v) is 3.75. The van der Waals surface area contributed by atoms with Crippen molar-refractivity contribution in [3.63, 3.8) is 0 Å². The van der Waals surface area contributed by atoms with Crippen LogP contribution in [0.4, 0.5) is 0 Å². The van der Waals surface area contributed by atoms with Crippen LogP contribution in [0.15, 0.2) is 25.7 Å². The first-order chi connectivity index (χ1) is 5.18. The molecule has 1 atom stereocenters. The minimum atomic E-state index is -0.248. The Balaban J connectivity index is 0. The molecule has 0 bridgehead atoms. The molecule has 0 heterocycles. The third-order valence-corrected chi connectivity index (χ3v) is 0.671. The second-order valence-corrected chi connectivity index (χ2v) is 2.08. The molecule has 0 radical (unpaired) electrons. The van der Waals surface area contributed by atoms with Crippen LogP contribution in [0.5, 0.6) is 0 Å². The molecule has 2 nitrogen and oxygen atoms in total. The van der Waals surface area contributed by atoms with Crippen LogP contribution in [0.25, 0.3) is 0 Å². The van der Waals surface area contributed by atoms with Crippen LogP contribution in [0, 0.1) is 0 Å². The highest BCUT2D eigenvalue weighted by molar-refractivity contribution is 6.19. The number of halogens is 1. The Morgan fingerprint density at radius 2 is 2.00 bits per heavy atom. The molecule has 0 aliphatic rings. The molecule has 0 spiro atoms. The van der Waals surface area contributed by atoms with E-state index in [1.165, 1.54) is 12.5 Å². The molecule has 0 aliphatic carbocycles. The van der Waals surface area contributed by atoms with E-state index in [1.54, 1.807) is 6.92 Å². The van der Waals surface area contributed by atoms with Crippen molar-refractivity contribution in [2.45, 2.75) is 19.4 Å². The lowest BCUT2D eigenvalue weighted by Gasteiger charge is -1.96. The fraction of sp³-hybridized carbons (Fsp3) is 0.500. The van der Waals surface area contributed by atoms with Crippen molar-refractivity contribution in [3.8, 4) is 0 Å². The Morgan fingerprint density at radius 3 is 2.00 bits per heavy atom. The maximum absolute atomic E-state index is 5.28. The fourth-order valence-corrected chi connectivity index (χ4v) is 0.323. The molecule has 66 valence electrons. The van der Waals surface area contributed by atoms with E-state index in [-0.39, 0.29) is 5.56 Å². The van der Waals surface area contributed by atoms with Gasteiger partial charge in [0.05, 0.1) is 19.1 Å². The summed E-state index contributed by atoms with van der Waals surface area (Å²) in [5.41, 5.74) is -0.248. The van der Waals surface area contributed by atoms with Gasteiger partial charge < -0.3 is 9.47 Å². The van der Waals surface area contributed by atoms with Crippen molar-refractivity contribution in [2.24, 2.45) is 0 Å². The molecule has 0 N–H and O–H groups in total. The SMILES string of the molecule is C=COC(C)Cl.C=COCC. The van der Waals surface area contributed by atoms with Gasteiger partial charge in [-0.1, -0.05) is 24.8 Å². The van der Waals surface area contributed by atoms with Crippen LogP contribution < -0.4 is 0 Å². The van der Waals surface area contributed by atoms with Gasteiger partial charge in [0.15, 0.2) is 5.56 Å². The molecule has 1 unspecified atom stereocenters. The van der Waals surface area contributed by atoms with Crippen molar-refractivity contribution in [3.05, 3.63) is 25.7 Å². The fourth-order valence-electron chi connectivity index (χ4n) is 0.250. The van der Waals surface area contributed by atoms with E-state index in [0.717, 1.165) is 6.61 Å². The lowest BCUT2D eigenvalue weighted by molar-refractivity contribution is 0.234. The molecule has 0 aromatic rings. The van der Waals surface area contributed by atoms with Gasteiger partial charge >= 0.3 is 0 Å². The van der Waals surface area contributed by atoms with Crippen molar-refractivity contribution in [1.82, 2.24) is 0 Å². The zero-order chi connectivity index (χ0) is 9.11. The topological polar surface area (TPSA) is 18.5 Å². The summed E-state index contributed by atoms with van der Waals surface area (Å²) in [6.45, 7) is 11.0. The van der Waals surface area contributed by atoms with Crippen LogP contribution in [-0.4, -0.2) is 12.2 Å². The zero-order valence-corrected chi connectivity index (χ0v) is 7.80. The van der Waals surface area contributed by atoms with Crippen molar-refractivity contribution in [1.29, 1.82) is 0 Å². The van der Waals surface area contributed by atoms with Crippen LogP contribution in [0.2, 0.25) is 0 Å². The van der Waals surface area contributed by atoms with Gasteiger partial charge in [-0.05, 0) is 13.8 Å². The van der Waals surface area contributed by atoms with Gasteiger partial charge in [0.25, 0.3) is 0 Å². The van der Waals surface area contributed by atoms with Gasteiger partial charge in [0.1, 0.15) is 0 Å². The summed E-state index contributed by atoms with van der Waals surface area (Å²) < 4.78 is 9.17. The molecule has 0 fully saturated rings. The molecule has 0 saturated carbocycles. The van der Waals surface area contributed by atoms with E-state index >= 15 is 0 Å². The van der Waals surface area contributed by atoms with Crippen LogP contribution in [0.1, 0.15) is 13.8 Å². The summed E-state index contributed by atoms with van der Waals surface area (Å²) in [6.07, 6.45) is 2.75. The average Bonchev–Trinajstić information content (AvgIpc) is 1.90. The highest BCUT2D eigenvalue weighted by Gasteiger charge is 1.84. The summed E-state index contributed by atoms with van der Waals surface area (Å²) in [7, 11) is 0. The van der Waals surface area contributed by atoms with Gasteiger partial charge in [0.2, 0.25) is 0 Å². The van der Waals surface area contributed by atoms with E-state index in [9.17, 15) is 0 Å². The maximum Gasteiger partial charge on any atom is 0.168 e. The second-order valence-electron chi connectivity index (χ2n) is 1.47. The Morgan fingerprint density at radius 1 is 1.45 bits per heavy atom. The molecular weight excluding hydrogens is 164 g/mol. The molecule has 3 heteroatoms. The smallest absolute Gasteiger partial charge is 0.168 e. The molecule has 11 heavy (non-hydrogen) atoms. The minimum Gasteiger partial charge on any atom is -0.502 e. The predicted molar refractivity (Wildman–Crippen MR) is 48.4 cm³/mol. The molecule has 0 rings (SSSR count). The Kier molecular flexibility index (Phi) is 14.3. The molecule has 0 aromatic carbocycles. The predicted octanol–water partition coefficient (Wildman–Crippen LogP) is 2.90. The van der Waals surface area contributed by atoms with E-state index in [0.29, 0.717) is 0 Å². The van der Waals surface area contributed by atoms with E-state index < -0.39 is 0 Å². The molecule has 0 aliphatic heterocycles. The van der Waals surface area contributed by atoms with Crippen molar-refractivity contribution < 1.29 is 9.47 Å². The van der Waals surface area contributed by atoms with Crippen molar-refractivity contribution in [2.75, 3.05) is 6.61 Å². The van der Waals surface area contributed by atoms with E-state index in [2.05, 4.69) is 22.6 Å². The van der Waals surface area contributed by atoms with Gasteiger partial charge in [-0.15, -0.1) is 0 Å².